The number of piperidine rings is 2. The quantitative estimate of drug-likeness (QED) is 0.877. The second-order valence-electron chi connectivity index (χ2n) is 8.20. The van der Waals surface area contributed by atoms with Crippen molar-refractivity contribution in [3.8, 4) is 0 Å². The summed E-state index contributed by atoms with van der Waals surface area (Å²) in [5.41, 5.74) is 8.34. The van der Waals surface area contributed by atoms with Gasteiger partial charge in [0.05, 0.1) is 6.04 Å². The number of nitrogens with two attached hydrogens (primary N) is 1. The lowest BCUT2D eigenvalue weighted by Crippen LogP contribution is -2.49. The zero-order valence-electron chi connectivity index (χ0n) is 16.1. The fourth-order valence-corrected chi connectivity index (χ4v) is 4.62. The zero-order valence-corrected chi connectivity index (χ0v) is 16.8. The fourth-order valence-electron chi connectivity index (χ4n) is 4.50. The molecule has 3 rings (SSSR count). The average Bonchev–Trinajstić information content (AvgIpc) is 2.65. The van der Waals surface area contributed by atoms with Crippen LogP contribution < -0.4 is 5.73 Å². The van der Waals surface area contributed by atoms with Gasteiger partial charge in [-0.15, -0.1) is 0 Å². The lowest BCUT2D eigenvalue weighted by molar-refractivity contribution is -0.134. The third kappa shape index (κ3) is 4.79. The van der Waals surface area contributed by atoms with Gasteiger partial charge >= 0.3 is 0 Å². The molecule has 144 valence electrons. The van der Waals surface area contributed by atoms with Crippen LogP contribution in [0, 0.1) is 18.8 Å². The molecule has 0 spiro atoms. The maximum Gasteiger partial charge on any atom is 0.239 e. The molecule has 0 saturated carbocycles. The molecular weight excluding hydrogens is 346 g/mol. The fraction of sp³-hybridized carbons (Fsp3) is 0.667. The standard InChI is InChI=1S/C21H32ClN3O/c1-15-13-16(3-4-19(15)22)14-20(23)21(26)25-11-7-18(8-12-25)17-5-9-24(2)10-6-17/h3-4,13,17-18,20H,5-12,14,23H2,1-2H3. The third-order valence-electron chi connectivity index (χ3n) is 6.28. The predicted octanol–water partition coefficient (Wildman–Crippen LogP) is 3.10. The maximum absolute atomic E-state index is 12.7. The second kappa shape index (κ2) is 8.73. The highest BCUT2D eigenvalue weighted by molar-refractivity contribution is 6.31. The number of rotatable bonds is 4. The molecule has 2 fully saturated rings. The molecular formula is C21H32ClN3O. The van der Waals surface area contributed by atoms with Gasteiger partial charge in [0.25, 0.3) is 0 Å². The molecule has 0 aliphatic carbocycles. The monoisotopic (exact) mass is 377 g/mol. The van der Waals surface area contributed by atoms with Crippen LogP contribution >= 0.6 is 11.6 Å². The van der Waals surface area contributed by atoms with Crippen molar-refractivity contribution in [2.45, 2.75) is 45.1 Å². The molecule has 1 atom stereocenters. The van der Waals surface area contributed by atoms with E-state index >= 15 is 0 Å². The van der Waals surface area contributed by atoms with Crippen molar-refractivity contribution >= 4 is 17.5 Å². The summed E-state index contributed by atoms with van der Waals surface area (Å²) >= 11 is 6.08. The SMILES string of the molecule is Cc1cc(CC(N)C(=O)N2CCC(C3CCN(C)CC3)CC2)ccc1Cl. The molecule has 2 N–H and O–H groups in total. The van der Waals surface area contributed by atoms with E-state index < -0.39 is 6.04 Å². The normalized spacial score (nSPS) is 21.8. The molecule has 2 heterocycles. The molecule has 2 saturated heterocycles. The van der Waals surface area contributed by atoms with Gasteiger partial charge in [0.1, 0.15) is 0 Å². The summed E-state index contributed by atoms with van der Waals surface area (Å²) in [4.78, 5) is 17.2. The molecule has 1 unspecified atom stereocenters. The highest BCUT2D eigenvalue weighted by Gasteiger charge is 2.31. The Balaban J connectivity index is 1.48. The maximum atomic E-state index is 12.7. The molecule has 4 nitrogen and oxygen atoms in total. The molecule has 0 aromatic heterocycles. The van der Waals surface area contributed by atoms with Gasteiger partial charge in [0, 0.05) is 18.1 Å². The molecule has 0 bridgehead atoms. The van der Waals surface area contributed by atoms with E-state index in [0.717, 1.165) is 53.9 Å². The van der Waals surface area contributed by atoms with E-state index in [9.17, 15) is 4.79 Å². The smallest absolute Gasteiger partial charge is 0.239 e. The van der Waals surface area contributed by atoms with Crippen LogP contribution in [0.4, 0.5) is 0 Å². The Hall–Kier alpha value is -1.10. The van der Waals surface area contributed by atoms with E-state index in [0.29, 0.717) is 6.42 Å². The van der Waals surface area contributed by atoms with Gasteiger partial charge in [-0.05, 0) is 88.2 Å². The minimum absolute atomic E-state index is 0.0967. The summed E-state index contributed by atoms with van der Waals surface area (Å²) in [6.45, 7) is 6.14. The number of hydrogen-bond donors (Lipinski definition) is 1. The molecule has 2 aliphatic rings. The van der Waals surface area contributed by atoms with Crippen molar-refractivity contribution < 1.29 is 4.79 Å². The molecule has 1 aromatic carbocycles. The minimum Gasteiger partial charge on any atom is -0.341 e. The molecule has 1 aromatic rings. The Morgan fingerprint density at radius 2 is 1.73 bits per heavy atom. The number of halogens is 1. The van der Waals surface area contributed by atoms with Crippen molar-refractivity contribution in [1.29, 1.82) is 0 Å². The Bertz CT molecular complexity index is 620. The summed E-state index contributed by atoms with van der Waals surface area (Å²) in [5.74, 6) is 1.72. The van der Waals surface area contributed by atoms with Crippen molar-refractivity contribution in [2.24, 2.45) is 17.6 Å². The van der Waals surface area contributed by atoms with Gasteiger partial charge in [-0.1, -0.05) is 23.7 Å². The second-order valence-corrected chi connectivity index (χ2v) is 8.60. The third-order valence-corrected chi connectivity index (χ3v) is 6.70. The molecule has 1 amide bonds. The van der Waals surface area contributed by atoms with Crippen LogP contribution in [0.2, 0.25) is 5.02 Å². The average molecular weight is 378 g/mol. The van der Waals surface area contributed by atoms with E-state index in [-0.39, 0.29) is 5.91 Å². The predicted molar refractivity (Wildman–Crippen MR) is 107 cm³/mol. The van der Waals surface area contributed by atoms with E-state index in [1.165, 1.54) is 25.9 Å². The molecule has 0 radical (unpaired) electrons. The number of aryl methyl sites for hydroxylation is 1. The first-order chi connectivity index (χ1) is 12.4. The van der Waals surface area contributed by atoms with Gasteiger partial charge in [0.2, 0.25) is 5.91 Å². The number of carbonyl (C=O) groups excluding carboxylic acids is 1. The first kappa shape index (κ1) is 19.7. The summed E-state index contributed by atoms with van der Waals surface area (Å²) in [6.07, 6.45) is 5.46. The number of nitrogens with zero attached hydrogens (tertiary/aromatic N) is 2. The molecule has 5 heteroatoms. The Morgan fingerprint density at radius 3 is 2.31 bits per heavy atom. The number of carbonyl (C=O) groups is 1. The highest BCUT2D eigenvalue weighted by atomic mass is 35.5. The van der Waals surface area contributed by atoms with Crippen molar-refractivity contribution in [3.05, 3.63) is 34.3 Å². The first-order valence-corrected chi connectivity index (χ1v) is 10.3. The largest absolute Gasteiger partial charge is 0.341 e. The lowest BCUT2D eigenvalue weighted by Gasteiger charge is -2.40. The lowest BCUT2D eigenvalue weighted by atomic mass is 9.79. The topological polar surface area (TPSA) is 49.6 Å². The van der Waals surface area contributed by atoms with Crippen LogP contribution in [0.3, 0.4) is 0 Å². The number of hydrogen-bond acceptors (Lipinski definition) is 3. The van der Waals surface area contributed by atoms with Crippen molar-refractivity contribution in [3.63, 3.8) is 0 Å². The van der Waals surface area contributed by atoms with Crippen LogP contribution in [-0.2, 0) is 11.2 Å². The van der Waals surface area contributed by atoms with Crippen molar-refractivity contribution in [1.82, 2.24) is 9.80 Å². The Labute approximate surface area is 162 Å². The summed E-state index contributed by atoms with van der Waals surface area (Å²) in [5, 5.41) is 0.754. The highest BCUT2D eigenvalue weighted by Crippen LogP contribution is 2.32. The molecule has 2 aliphatic heterocycles. The first-order valence-electron chi connectivity index (χ1n) is 9.92. The minimum atomic E-state index is -0.463. The Morgan fingerprint density at radius 1 is 1.15 bits per heavy atom. The van der Waals surface area contributed by atoms with E-state index in [1.807, 2.05) is 30.0 Å². The van der Waals surface area contributed by atoms with Gasteiger partial charge < -0.3 is 15.5 Å². The number of benzene rings is 1. The number of likely N-dealkylation sites (tertiary alicyclic amines) is 2. The van der Waals surface area contributed by atoms with Gasteiger partial charge in [0.15, 0.2) is 0 Å². The van der Waals surface area contributed by atoms with Crippen molar-refractivity contribution in [2.75, 3.05) is 33.2 Å². The van der Waals surface area contributed by atoms with Gasteiger partial charge in [-0.25, -0.2) is 0 Å². The van der Waals surface area contributed by atoms with Crippen LogP contribution in [-0.4, -0.2) is 55.0 Å². The summed E-state index contributed by atoms with van der Waals surface area (Å²) < 4.78 is 0. The van der Waals surface area contributed by atoms with Crippen LogP contribution in [0.25, 0.3) is 0 Å². The Kier molecular flexibility index (Phi) is 6.60. The summed E-state index contributed by atoms with van der Waals surface area (Å²) in [7, 11) is 2.21. The van der Waals surface area contributed by atoms with Crippen LogP contribution in [0.1, 0.15) is 36.8 Å². The molecule has 26 heavy (non-hydrogen) atoms. The van der Waals surface area contributed by atoms with Crippen LogP contribution in [0.15, 0.2) is 18.2 Å². The summed E-state index contributed by atoms with van der Waals surface area (Å²) in [6, 6.07) is 5.42. The van der Waals surface area contributed by atoms with Crippen LogP contribution in [0.5, 0.6) is 0 Å². The van der Waals surface area contributed by atoms with E-state index in [2.05, 4.69) is 11.9 Å². The van der Waals surface area contributed by atoms with E-state index in [1.54, 1.807) is 0 Å². The van der Waals surface area contributed by atoms with Gasteiger partial charge in [-0.2, -0.15) is 0 Å². The van der Waals surface area contributed by atoms with Gasteiger partial charge in [-0.3, -0.25) is 4.79 Å². The number of amides is 1. The van der Waals surface area contributed by atoms with E-state index in [4.69, 9.17) is 17.3 Å². The zero-order chi connectivity index (χ0) is 18.7.